The minimum absolute atomic E-state index is 0.0193. The van der Waals surface area contributed by atoms with E-state index in [1.54, 1.807) is 0 Å². The van der Waals surface area contributed by atoms with Gasteiger partial charge in [-0.3, -0.25) is 9.89 Å². The van der Waals surface area contributed by atoms with Gasteiger partial charge >= 0.3 is 6.18 Å². The summed E-state index contributed by atoms with van der Waals surface area (Å²) in [5.41, 5.74) is 5.17. The van der Waals surface area contributed by atoms with Crippen molar-refractivity contribution in [2.45, 2.75) is 44.7 Å². The Balaban J connectivity index is 1.71. The summed E-state index contributed by atoms with van der Waals surface area (Å²) in [6, 6.07) is 1.77. The van der Waals surface area contributed by atoms with Crippen molar-refractivity contribution in [1.29, 1.82) is 0 Å². The first-order valence-electron chi connectivity index (χ1n) is 9.22. The number of carbonyl (C=O) groups excluding carboxylic acids is 1. The highest BCUT2D eigenvalue weighted by atomic mass is 35.5. The molecule has 1 amide bonds. The number of halogens is 5. The Morgan fingerprint density at radius 3 is 2.41 bits per heavy atom. The van der Waals surface area contributed by atoms with Crippen molar-refractivity contribution < 1.29 is 18.0 Å². The van der Waals surface area contributed by atoms with Crippen LogP contribution < -0.4 is 11.1 Å². The predicted molar refractivity (Wildman–Crippen MR) is 106 cm³/mol. The fourth-order valence-electron chi connectivity index (χ4n) is 3.74. The average Bonchev–Trinajstić information content (AvgIpc) is 2.98. The van der Waals surface area contributed by atoms with E-state index in [1.165, 1.54) is 0 Å². The highest BCUT2D eigenvalue weighted by Crippen LogP contribution is 2.42. The molecule has 0 radical (unpaired) electrons. The molecular formula is C19H21Cl2F3N4O. The molecule has 1 aliphatic carbocycles. The van der Waals surface area contributed by atoms with Crippen LogP contribution in [0, 0.1) is 12.8 Å². The monoisotopic (exact) mass is 448 g/mol. The molecule has 1 aromatic carbocycles. The van der Waals surface area contributed by atoms with Gasteiger partial charge in [0.15, 0.2) is 5.82 Å². The minimum Gasteiger partial charge on any atom is -0.367 e. The number of anilines is 1. The van der Waals surface area contributed by atoms with E-state index in [0.29, 0.717) is 41.7 Å². The zero-order chi connectivity index (χ0) is 21.3. The quantitative estimate of drug-likeness (QED) is 0.562. The first-order chi connectivity index (χ1) is 13.6. The first-order valence-corrected chi connectivity index (χ1v) is 9.98. The number of amides is 1. The first kappa shape index (κ1) is 21.8. The van der Waals surface area contributed by atoms with E-state index in [4.69, 9.17) is 28.9 Å². The molecule has 0 aliphatic heterocycles. The molecule has 0 saturated heterocycles. The molecule has 0 atom stereocenters. The summed E-state index contributed by atoms with van der Waals surface area (Å²) in [6.45, 7) is 2.49. The minimum atomic E-state index is -4.58. The topological polar surface area (TPSA) is 83.8 Å². The SMILES string of the molecule is Cc1[nH]nc(NCC2CCC(c3cc(C(F)(F)F)cc(C(N)=O)c3Cl)CC2)c1Cl. The van der Waals surface area contributed by atoms with Crippen LogP contribution in [-0.2, 0) is 6.18 Å². The van der Waals surface area contributed by atoms with Crippen LogP contribution in [0.2, 0.25) is 10.0 Å². The Morgan fingerprint density at radius 2 is 1.90 bits per heavy atom. The van der Waals surface area contributed by atoms with Crippen molar-refractivity contribution in [3.8, 4) is 0 Å². The number of aromatic amines is 1. The Kier molecular flexibility index (Phi) is 6.33. The van der Waals surface area contributed by atoms with Crippen molar-refractivity contribution >= 4 is 34.9 Å². The van der Waals surface area contributed by atoms with Gasteiger partial charge in [0.2, 0.25) is 5.91 Å². The number of nitrogens with two attached hydrogens (primary N) is 1. The summed E-state index contributed by atoms with van der Waals surface area (Å²) in [7, 11) is 0. The molecular weight excluding hydrogens is 428 g/mol. The number of nitrogens with one attached hydrogen (secondary N) is 2. The van der Waals surface area contributed by atoms with E-state index in [0.717, 1.165) is 30.7 Å². The fraction of sp³-hybridized carbons (Fsp3) is 0.474. The van der Waals surface area contributed by atoms with Gasteiger partial charge in [-0.05, 0) is 62.1 Å². The molecule has 1 aliphatic rings. The summed E-state index contributed by atoms with van der Waals surface area (Å²) in [5, 5.41) is 10.7. The predicted octanol–water partition coefficient (Wildman–Crippen LogP) is 5.53. The Bertz CT molecular complexity index is 906. The average molecular weight is 449 g/mol. The number of aromatic nitrogens is 2. The molecule has 0 bridgehead atoms. The van der Waals surface area contributed by atoms with Crippen LogP contribution in [0.1, 0.15) is 58.8 Å². The van der Waals surface area contributed by atoms with Gasteiger partial charge in [-0.15, -0.1) is 0 Å². The molecule has 3 rings (SSSR count). The van der Waals surface area contributed by atoms with Crippen LogP contribution in [0.15, 0.2) is 12.1 Å². The highest BCUT2D eigenvalue weighted by molar-refractivity contribution is 6.34. The third-order valence-electron chi connectivity index (χ3n) is 5.41. The van der Waals surface area contributed by atoms with Gasteiger partial charge in [0.25, 0.3) is 0 Å². The van der Waals surface area contributed by atoms with Gasteiger partial charge in [-0.25, -0.2) is 0 Å². The number of hydrogen-bond acceptors (Lipinski definition) is 3. The molecule has 1 heterocycles. The molecule has 0 unspecified atom stereocenters. The second kappa shape index (κ2) is 8.44. The summed E-state index contributed by atoms with van der Waals surface area (Å²) in [4.78, 5) is 11.6. The fourth-order valence-corrected chi connectivity index (χ4v) is 4.25. The number of benzene rings is 1. The Labute approximate surface area is 176 Å². The second-order valence-corrected chi connectivity index (χ2v) is 8.15. The van der Waals surface area contributed by atoms with E-state index < -0.39 is 17.6 Å². The number of rotatable bonds is 5. The van der Waals surface area contributed by atoms with Crippen LogP contribution in [0.25, 0.3) is 0 Å². The van der Waals surface area contributed by atoms with E-state index in [2.05, 4.69) is 15.5 Å². The molecule has 158 valence electrons. The van der Waals surface area contributed by atoms with Gasteiger partial charge in [0, 0.05) is 6.54 Å². The van der Waals surface area contributed by atoms with Crippen molar-refractivity contribution in [1.82, 2.24) is 10.2 Å². The van der Waals surface area contributed by atoms with Crippen molar-refractivity contribution in [2.24, 2.45) is 11.7 Å². The molecule has 1 fully saturated rings. The lowest BCUT2D eigenvalue weighted by molar-refractivity contribution is -0.137. The second-order valence-electron chi connectivity index (χ2n) is 7.40. The van der Waals surface area contributed by atoms with Crippen molar-refractivity contribution in [3.05, 3.63) is 44.6 Å². The molecule has 29 heavy (non-hydrogen) atoms. The molecule has 1 saturated carbocycles. The largest absolute Gasteiger partial charge is 0.416 e. The summed E-state index contributed by atoms with van der Waals surface area (Å²) < 4.78 is 39.7. The number of carbonyl (C=O) groups is 1. The van der Waals surface area contributed by atoms with Crippen LogP contribution >= 0.6 is 23.2 Å². The van der Waals surface area contributed by atoms with Crippen LogP contribution in [-0.4, -0.2) is 22.6 Å². The normalized spacial score (nSPS) is 19.9. The maximum absolute atomic E-state index is 13.2. The Hall–Kier alpha value is -1.93. The number of H-pyrrole nitrogens is 1. The maximum atomic E-state index is 13.2. The molecule has 5 nitrogen and oxygen atoms in total. The lowest BCUT2D eigenvalue weighted by Gasteiger charge is -2.30. The third kappa shape index (κ3) is 4.80. The van der Waals surface area contributed by atoms with Crippen molar-refractivity contribution in [3.63, 3.8) is 0 Å². The number of primary amides is 1. The van der Waals surface area contributed by atoms with Gasteiger partial charge in [0.1, 0.15) is 5.02 Å². The van der Waals surface area contributed by atoms with Crippen LogP contribution in [0.3, 0.4) is 0 Å². The number of aryl methyl sites for hydroxylation is 1. The van der Waals surface area contributed by atoms with Gasteiger partial charge < -0.3 is 11.1 Å². The zero-order valence-corrected chi connectivity index (χ0v) is 17.2. The van der Waals surface area contributed by atoms with Gasteiger partial charge in [-0.2, -0.15) is 18.3 Å². The molecule has 2 aromatic rings. The number of hydrogen-bond donors (Lipinski definition) is 3. The zero-order valence-electron chi connectivity index (χ0n) is 15.7. The van der Waals surface area contributed by atoms with Crippen LogP contribution in [0.4, 0.5) is 19.0 Å². The smallest absolute Gasteiger partial charge is 0.367 e. The molecule has 1 aromatic heterocycles. The standard InChI is InChI=1S/C19H21Cl2F3N4O/c1-9-15(20)18(28-27-9)26-8-10-2-4-11(5-3-10)13-6-12(19(22,23)24)7-14(16(13)21)17(25)29/h6-7,10-11H,2-5,8H2,1H3,(H2,25,29)(H2,26,27,28). The van der Waals surface area contributed by atoms with Crippen molar-refractivity contribution in [2.75, 3.05) is 11.9 Å². The van der Waals surface area contributed by atoms with E-state index in [9.17, 15) is 18.0 Å². The maximum Gasteiger partial charge on any atom is 0.416 e. The molecule has 0 spiro atoms. The molecule has 4 N–H and O–H groups in total. The lowest BCUT2D eigenvalue weighted by Crippen LogP contribution is -2.22. The van der Waals surface area contributed by atoms with Gasteiger partial charge in [0.05, 0.1) is 21.8 Å². The summed E-state index contributed by atoms with van der Waals surface area (Å²) in [5.74, 6) is -0.195. The number of nitrogens with zero attached hydrogens (tertiary/aromatic N) is 1. The highest BCUT2D eigenvalue weighted by Gasteiger charge is 2.34. The molecule has 10 heteroatoms. The van der Waals surface area contributed by atoms with E-state index in [-0.39, 0.29) is 16.5 Å². The lowest BCUT2D eigenvalue weighted by atomic mass is 9.78. The number of alkyl halides is 3. The third-order valence-corrected chi connectivity index (χ3v) is 6.30. The van der Waals surface area contributed by atoms with Gasteiger partial charge in [-0.1, -0.05) is 23.2 Å². The summed E-state index contributed by atoms with van der Waals surface area (Å²) >= 11 is 12.4. The van der Waals surface area contributed by atoms with E-state index in [1.807, 2.05) is 6.92 Å². The summed E-state index contributed by atoms with van der Waals surface area (Å²) in [6.07, 6.45) is -1.64. The Morgan fingerprint density at radius 1 is 1.24 bits per heavy atom. The van der Waals surface area contributed by atoms with Crippen LogP contribution in [0.5, 0.6) is 0 Å². The van der Waals surface area contributed by atoms with E-state index >= 15 is 0 Å².